The van der Waals surface area contributed by atoms with E-state index in [9.17, 15) is 5.11 Å². The molecule has 0 amide bonds. The molecule has 102 valence electrons. The van der Waals surface area contributed by atoms with Crippen LogP contribution in [0, 0.1) is 0 Å². The molecule has 0 fully saturated rings. The van der Waals surface area contributed by atoms with Gasteiger partial charge in [0.05, 0.1) is 6.10 Å². The Labute approximate surface area is 111 Å². The molecule has 1 unspecified atom stereocenters. The van der Waals surface area contributed by atoms with Gasteiger partial charge in [-0.25, -0.2) is 0 Å². The Bertz CT molecular complexity index is 329. The number of hydrogen-bond acceptors (Lipinski definition) is 3. The monoisotopic (exact) mass is 251 g/mol. The second kappa shape index (κ2) is 8.59. The number of ether oxygens (including phenoxy) is 1. The van der Waals surface area contributed by atoms with Crippen molar-refractivity contribution in [3.63, 3.8) is 0 Å². The van der Waals surface area contributed by atoms with Crippen molar-refractivity contribution < 1.29 is 9.84 Å². The van der Waals surface area contributed by atoms with E-state index in [0.717, 1.165) is 24.2 Å². The average Bonchev–Trinajstić information content (AvgIpc) is 2.30. The molecule has 0 aromatic carbocycles. The Morgan fingerprint density at radius 1 is 1.33 bits per heavy atom. The molecule has 1 N–H and O–H groups in total. The van der Waals surface area contributed by atoms with Crippen molar-refractivity contribution in [2.45, 2.75) is 26.4 Å². The van der Waals surface area contributed by atoms with E-state index in [0.29, 0.717) is 12.4 Å². The van der Waals surface area contributed by atoms with Gasteiger partial charge in [-0.05, 0) is 38.0 Å². The third-order valence-corrected chi connectivity index (χ3v) is 2.34. The van der Waals surface area contributed by atoms with Gasteiger partial charge in [-0.2, -0.15) is 0 Å². The lowest BCUT2D eigenvalue weighted by Gasteiger charge is -2.20. The van der Waals surface area contributed by atoms with Crippen molar-refractivity contribution >= 4 is 0 Å². The van der Waals surface area contributed by atoms with E-state index < -0.39 is 0 Å². The number of hydrogen-bond donors (Lipinski definition) is 1. The summed E-state index contributed by atoms with van der Waals surface area (Å²) >= 11 is 0. The topological polar surface area (TPSA) is 32.7 Å². The molecular formula is C15H25NO2. The quantitative estimate of drug-likeness (QED) is 0.388. The van der Waals surface area contributed by atoms with E-state index in [-0.39, 0.29) is 6.10 Å². The fourth-order valence-corrected chi connectivity index (χ4v) is 1.10. The minimum atomic E-state index is -0.293. The summed E-state index contributed by atoms with van der Waals surface area (Å²) in [4.78, 5) is 1.98. The van der Waals surface area contributed by atoms with Crippen LogP contribution in [-0.2, 0) is 4.74 Å². The summed E-state index contributed by atoms with van der Waals surface area (Å²) in [7, 11) is 1.94. The molecule has 0 aliphatic carbocycles. The number of allylic oxidation sites excluding steroid dienone is 2. The summed E-state index contributed by atoms with van der Waals surface area (Å²) in [5.74, 6) is 0.586. The molecule has 0 saturated carbocycles. The van der Waals surface area contributed by atoms with E-state index in [2.05, 4.69) is 19.7 Å². The Morgan fingerprint density at radius 3 is 2.44 bits per heavy atom. The van der Waals surface area contributed by atoms with Gasteiger partial charge in [-0.15, -0.1) is 0 Å². The molecule has 0 aromatic rings. The molecule has 1 atom stereocenters. The van der Waals surface area contributed by atoms with E-state index in [1.165, 1.54) is 0 Å². The van der Waals surface area contributed by atoms with Crippen LogP contribution in [0.5, 0.6) is 0 Å². The highest BCUT2D eigenvalue weighted by atomic mass is 16.5. The van der Waals surface area contributed by atoms with Crippen LogP contribution in [0.4, 0.5) is 0 Å². The predicted octanol–water partition coefficient (Wildman–Crippen LogP) is 2.87. The van der Waals surface area contributed by atoms with Crippen LogP contribution in [-0.4, -0.2) is 36.3 Å². The zero-order valence-corrected chi connectivity index (χ0v) is 11.8. The van der Waals surface area contributed by atoms with E-state index >= 15 is 0 Å². The number of aliphatic hydroxyl groups excluding tert-OH is 1. The first-order valence-corrected chi connectivity index (χ1v) is 6.05. The predicted molar refractivity (Wildman–Crippen MR) is 77.1 cm³/mol. The molecule has 0 aromatic heterocycles. The van der Waals surface area contributed by atoms with Gasteiger partial charge in [0.2, 0.25) is 0 Å². The largest absolute Gasteiger partial charge is 0.490 e. The average molecular weight is 251 g/mol. The summed E-state index contributed by atoms with van der Waals surface area (Å²) < 4.78 is 5.35. The van der Waals surface area contributed by atoms with Crippen LogP contribution < -0.4 is 0 Å². The first-order valence-electron chi connectivity index (χ1n) is 6.05. The molecule has 0 spiro atoms. The normalized spacial score (nSPS) is 12.2. The maximum atomic E-state index is 9.21. The fraction of sp³-hybridized carbons (Fsp3) is 0.467. The molecule has 0 saturated heterocycles. The molecule has 0 heterocycles. The fourth-order valence-electron chi connectivity index (χ4n) is 1.10. The van der Waals surface area contributed by atoms with Crippen LogP contribution in [0.2, 0.25) is 0 Å². The van der Waals surface area contributed by atoms with Crippen LogP contribution in [0.3, 0.4) is 0 Å². The van der Waals surface area contributed by atoms with Gasteiger partial charge in [0.1, 0.15) is 12.4 Å². The Kier molecular flexibility index (Phi) is 7.88. The maximum absolute atomic E-state index is 9.21. The minimum absolute atomic E-state index is 0.293. The van der Waals surface area contributed by atoms with Crippen molar-refractivity contribution in [1.29, 1.82) is 0 Å². The highest BCUT2D eigenvalue weighted by Gasteiger charge is 2.01. The lowest BCUT2D eigenvalue weighted by atomic mass is 10.2. The Morgan fingerprint density at radius 2 is 1.94 bits per heavy atom. The second-order valence-corrected chi connectivity index (χ2v) is 4.60. The van der Waals surface area contributed by atoms with Crippen molar-refractivity contribution in [2.24, 2.45) is 0 Å². The van der Waals surface area contributed by atoms with Crippen molar-refractivity contribution in [2.75, 3.05) is 20.2 Å². The molecule has 0 aliphatic rings. The van der Waals surface area contributed by atoms with Gasteiger partial charge in [-0.1, -0.05) is 19.7 Å². The molecule has 3 heteroatoms. The molecule has 18 heavy (non-hydrogen) atoms. The summed E-state index contributed by atoms with van der Waals surface area (Å²) in [6.45, 7) is 16.4. The number of likely N-dealkylation sites (N-methyl/N-ethyl adjacent to an activating group) is 1. The zero-order chi connectivity index (χ0) is 14.1. The molecule has 0 aliphatic heterocycles. The van der Waals surface area contributed by atoms with Crippen molar-refractivity contribution in [3.8, 4) is 0 Å². The van der Waals surface area contributed by atoms with Crippen LogP contribution in [0.25, 0.3) is 0 Å². The third kappa shape index (κ3) is 8.65. The van der Waals surface area contributed by atoms with Gasteiger partial charge >= 0.3 is 0 Å². The zero-order valence-electron chi connectivity index (χ0n) is 11.8. The molecule has 0 rings (SSSR count). The number of rotatable bonds is 9. The smallest absolute Gasteiger partial charge is 0.112 e. The van der Waals surface area contributed by atoms with Gasteiger partial charge < -0.3 is 14.7 Å². The first-order chi connectivity index (χ1) is 8.32. The highest BCUT2D eigenvalue weighted by molar-refractivity contribution is 5.20. The summed E-state index contributed by atoms with van der Waals surface area (Å²) in [6, 6.07) is 0. The van der Waals surface area contributed by atoms with E-state index in [1.807, 2.05) is 24.9 Å². The van der Waals surface area contributed by atoms with Gasteiger partial charge in [0, 0.05) is 19.3 Å². The number of nitrogens with zero attached hydrogens (tertiary/aromatic N) is 1. The maximum Gasteiger partial charge on any atom is 0.112 e. The first kappa shape index (κ1) is 16.5. The lowest BCUT2D eigenvalue weighted by Crippen LogP contribution is -2.20. The van der Waals surface area contributed by atoms with Gasteiger partial charge in [0.25, 0.3) is 0 Å². The summed E-state index contributed by atoms with van der Waals surface area (Å²) in [6.07, 6.45) is 4.06. The number of aliphatic hydroxyl groups is 1. The summed E-state index contributed by atoms with van der Waals surface area (Å²) in [5.41, 5.74) is 1.81. The molecule has 0 bridgehead atoms. The highest BCUT2D eigenvalue weighted by Crippen LogP contribution is 2.06. The Hall–Kier alpha value is -1.48. The van der Waals surface area contributed by atoms with E-state index in [4.69, 9.17) is 4.74 Å². The molecular weight excluding hydrogens is 226 g/mol. The second-order valence-electron chi connectivity index (χ2n) is 4.60. The van der Waals surface area contributed by atoms with Crippen LogP contribution >= 0.6 is 0 Å². The third-order valence-electron chi connectivity index (χ3n) is 2.34. The van der Waals surface area contributed by atoms with Crippen molar-refractivity contribution in [3.05, 3.63) is 48.9 Å². The standard InChI is InChI=1S/C15H25NO2/c1-12(2)11-18-15(5)8-7-13(3)16(6)10-9-14(4)17/h7-8,14,17H,1,3,5,9-11H2,2,4,6H3/b8-7-. The van der Waals surface area contributed by atoms with Gasteiger partial charge in [-0.3, -0.25) is 0 Å². The summed E-state index contributed by atoms with van der Waals surface area (Å²) in [5, 5.41) is 9.21. The SMILES string of the molecule is C=C(C)COC(=C)/C=C\C(=C)N(C)CCC(C)O. The minimum Gasteiger partial charge on any atom is -0.490 e. The molecule has 3 nitrogen and oxygen atoms in total. The lowest BCUT2D eigenvalue weighted by molar-refractivity contribution is 0.172. The van der Waals surface area contributed by atoms with Crippen molar-refractivity contribution in [1.82, 2.24) is 4.90 Å². The van der Waals surface area contributed by atoms with Crippen LogP contribution in [0.1, 0.15) is 20.3 Å². The van der Waals surface area contributed by atoms with Crippen LogP contribution in [0.15, 0.2) is 48.9 Å². The Balaban J connectivity index is 4.05. The van der Waals surface area contributed by atoms with Gasteiger partial charge in [0.15, 0.2) is 0 Å². The molecule has 0 radical (unpaired) electrons. The van der Waals surface area contributed by atoms with E-state index in [1.54, 1.807) is 13.0 Å².